The minimum Gasteiger partial charge on any atom is -0.377 e. The second-order valence-corrected chi connectivity index (χ2v) is 4.43. The Morgan fingerprint density at radius 1 is 1.39 bits per heavy atom. The summed E-state index contributed by atoms with van der Waals surface area (Å²) >= 11 is 0. The first-order chi connectivity index (χ1) is 8.49. The molecule has 5 heteroatoms. The summed E-state index contributed by atoms with van der Waals surface area (Å²) in [5.74, 6) is -0.155. The Bertz CT molecular complexity index is 419. The minimum absolute atomic E-state index is 0.115. The van der Waals surface area contributed by atoms with Crippen molar-refractivity contribution in [1.82, 2.24) is 0 Å². The first-order valence-corrected chi connectivity index (χ1v) is 6.20. The van der Waals surface area contributed by atoms with Gasteiger partial charge in [-0.15, -0.1) is 0 Å². The molecule has 0 saturated carbocycles. The lowest BCUT2D eigenvalue weighted by molar-refractivity contribution is -0.384. The van der Waals surface area contributed by atoms with E-state index in [9.17, 15) is 14.5 Å². The van der Waals surface area contributed by atoms with Gasteiger partial charge in [-0.1, -0.05) is 26.7 Å². The summed E-state index contributed by atoms with van der Waals surface area (Å²) in [5.41, 5.74) is 0.161. The highest BCUT2D eigenvalue weighted by atomic mass is 19.1. The molecule has 0 bridgehead atoms. The van der Waals surface area contributed by atoms with Gasteiger partial charge in [0.1, 0.15) is 11.5 Å². The summed E-state index contributed by atoms with van der Waals surface area (Å²) < 4.78 is 13.0. The molecule has 0 heterocycles. The van der Waals surface area contributed by atoms with Gasteiger partial charge >= 0.3 is 0 Å². The second kappa shape index (κ2) is 6.33. The van der Waals surface area contributed by atoms with Crippen LogP contribution in [0.25, 0.3) is 0 Å². The summed E-state index contributed by atoms with van der Waals surface area (Å²) in [4.78, 5) is 10.3. The van der Waals surface area contributed by atoms with Crippen LogP contribution < -0.4 is 5.32 Å². The molecule has 0 aliphatic rings. The molecule has 4 nitrogen and oxygen atoms in total. The number of rotatable bonds is 6. The average molecular weight is 254 g/mol. The van der Waals surface area contributed by atoms with Crippen LogP contribution >= 0.6 is 0 Å². The molecule has 0 aromatic heterocycles. The van der Waals surface area contributed by atoms with E-state index in [0.717, 1.165) is 18.9 Å². The Balaban J connectivity index is 2.93. The second-order valence-electron chi connectivity index (χ2n) is 4.43. The molecule has 1 unspecified atom stereocenters. The molecule has 1 rings (SSSR count). The van der Waals surface area contributed by atoms with E-state index in [1.165, 1.54) is 12.1 Å². The van der Waals surface area contributed by atoms with Gasteiger partial charge < -0.3 is 5.32 Å². The van der Waals surface area contributed by atoms with Crippen molar-refractivity contribution < 1.29 is 9.31 Å². The van der Waals surface area contributed by atoms with Gasteiger partial charge in [0.15, 0.2) is 0 Å². The van der Waals surface area contributed by atoms with Gasteiger partial charge in [-0.05, 0) is 25.0 Å². The van der Waals surface area contributed by atoms with Crippen LogP contribution in [-0.2, 0) is 0 Å². The van der Waals surface area contributed by atoms with Gasteiger partial charge in [0.2, 0.25) is 0 Å². The topological polar surface area (TPSA) is 55.2 Å². The van der Waals surface area contributed by atoms with Crippen molar-refractivity contribution >= 4 is 11.4 Å². The predicted molar refractivity (Wildman–Crippen MR) is 70.2 cm³/mol. The third-order valence-electron chi connectivity index (χ3n) is 3.30. The Hall–Kier alpha value is -1.65. The number of benzene rings is 1. The van der Waals surface area contributed by atoms with Gasteiger partial charge in [-0.3, -0.25) is 10.1 Å². The van der Waals surface area contributed by atoms with E-state index in [4.69, 9.17) is 0 Å². The Kier molecular flexibility index (Phi) is 5.07. The maximum Gasteiger partial charge on any atom is 0.295 e. The van der Waals surface area contributed by atoms with Crippen molar-refractivity contribution in [2.75, 3.05) is 5.32 Å². The average Bonchev–Trinajstić information content (AvgIpc) is 2.32. The molecular weight excluding hydrogens is 235 g/mol. The molecule has 0 aliphatic heterocycles. The fourth-order valence-corrected chi connectivity index (χ4v) is 2.14. The summed E-state index contributed by atoms with van der Waals surface area (Å²) in [7, 11) is 0. The van der Waals surface area contributed by atoms with Gasteiger partial charge in [0.05, 0.1) is 11.0 Å². The van der Waals surface area contributed by atoms with E-state index < -0.39 is 10.7 Å². The zero-order valence-corrected chi connectivity index (χ0v) is 10.9. The van der Waals surface area contributed by atoms with Crippen molar-refractivity contribution in [3.8, 4) is 0 Å². The Labute approximate surface area is 106 Å². The first-order valence-electron chi connectivity index (χ1n) is 6.20. The Morgan fingerprint density at radius 2 is 2.00 bits per heavy atom. The van der Waals surface area contributed by atoms with Crippen molar-refractivity contribution in [3.63, 3.8) is 0 Å². The van der Waals surface area contributed by atoms with Crippen molar-refractivity contribution in [1.29, 1.82) is 0 Å². The zero-order chi connectivity index (χ0) is 13.7. The number of nitrogens with zero attached hydrogens (tertiary/aromatic N) is 1. The fourth-order valence-electron chi connectivity index (χ4n) is 2.14. The lowest BCUT2D eigenvalue weighted by Crippen LogP contribution is -2.25. The number of anilines is 1. The molecule has 0 spiro atoms. The largest absolute Gasteiger partial charge is 0.377 e. The van der Waals surface area contributed by atoms with Crippen LogP contribution in [0.1, 0.15) is 33.6 Å². The highest BCUT2D eigenvalue weighted by Crippen LogP contribution is 2.27. The standard InChI is InChI=1S/C13H19FN2O2/c1-4-10(5-2)9(3)15-12-7-6-11(14)8-13(12)16(17)18/h6-10,15H,4-5H2,1-3H3. The quantitative estimate of drug-likeness (QED) is 0.617. The van der Waals surface area contributed by atoms with Gasteiger partial charge in [-0.25, -0.2) is 4.39 Å². The van der Waals surface area contributed by atoms with Crippen molar-refractivity contribution in [2.24, 2.45) is 5.92 Å². The van der Waals surface area contributed by atoms with Gasteiger partial charge in [-0.2, -0.15) is 0 Å². The van der Waals surface area contributed by atoms with Crippen molar-refractivity contribution in [3.05, 3.63) is 34.1 Å². The normalized spacial score (nSPS) is 12.5. The van der Waals surface area contributed by atoms with E-state index in [1.807, 2.05) is 6.92 Å². The third-order valence-corrected chi connectivity index (χ3v) is 3.30. The van der Waals surface area contributed by atoms with Crippen LogP contribution in [0.2, 0.25) is 0 Å². The minimum atomic E-state index is -0.595. The van der Waals surface area contributed by atoms with Crippen LogP contribution in [0.5, 0.6) is 0 Å². The van der Waals surface area contributed by atoms with E-state index in [1.54, 1.807) is 0 Å². The zero-order valence-electron chi connectivity index (χ0n) is 10.9. The number of nitro groups is 1. The molecule has 1 aromatic carbocycles. The smallest absolute Gasteiger partial charge is 0.295 e. The number of hydrogen-bond acceptors (Lipinski definition) is 3. The summed E-state index contributed by atoms with van der Waals surface area (Å²) in [6.45, 7) is 6.17. The number of hydrogen-bond donors (Lipinski definition) is 1. The molecule has 1 atom stereocenters. The lowest BCUT2D eigenvalue weighted by atomic mass is 9.95. The number of nitrogens with one attached hydrogen (secondary N) is 1. The number of halogens is 1. The highest BCUT2D eigenvalue weighted by Gasteiger charge is 2.19. The third kappa shape index (κ3) is 3.42. The molecule has 0 fully saturated rings. The van der Waals surface area contributed by atoms with Crippen molar-refractivity contribution in [2.45, 2.75) is 39.7 Å². The lowest BCUT2D eigenvalue weighted by Gasteiger charge is -2.23. The van der Waals surface area contributed by atoms with Crippen LogP contribution in [0.15, 0.2) is 18.2 Å². The van der Waals surface area contributed by atoms with E-state index in [0.29, 0.717) is 11.6 Å². The van der Waals surface area contributed by atoms with Crippen LogP contribution in [0, 0.1) is 21.8 Å². The molecule has 0 amide bonds. The van der Waals surface area contributed by atoms with E-state index >= 15 is 0 Å². The van der Waals surface area contributed by atoms with Gasteiger partial charge in [0, 0.05) is 6.04 Å². The summed E-state index contributed by atoms with van der Waals surface area (Å²) in [6.07, 6.45) is 2.00. The van der Waals surface area contributed by atoms with E-state index in [-0.39, 0.29) is 11.7 Å². The monoisotopic (exact) mass is 254 g/mol. The molecule has 0 radical (unpaired) electrons. The van der Waals surface area contributed by atoms with E-state index in [2.05, 4.69) is 19.2 Å². The molecule has 0 aliphatic carbocycles. The number of nitro benzene ring substituents is 1. The molecular formula is C13H19FN2O2. The fraction of sp³-hybridized carbons (Fsp3) is 0.538. The van der Waals surface area contributed by atoms with Crippen LogP contribution in [0.4, 0.5) is 15.8 Å². The Morgan fingerprint density at radius 3 is 2.50 bits per heavy atom. The SMILES string of the molecule is CCC(CC)C(C)Nc1ccc(F)cc1[N+](=O)[O-]. The maximum absolute atomic E-state index is 13.0. The molecule has 1 aromatic rings. The summed E-state index contributed by atoms with van der Waals surface area (Å²) in [6, 6.07) is 3.72. The molecule has 100 valence electrons. The van der Waals surface area contributed by atoms with Crippen LogP contribution in [0.3, 0.4) is 0 Å². The first kappa shape index (κ1) is 14.4. The van der Waals surface area contributed by atoms with Gasteiger partial charge in [0.25, 0.3) is 5.69 Å². The molecule has 18 heavy (non-hydrogen) atoms. The molecule has 1 N–H and O–H groups in total. The molecule has 0 saturated heterocycles. The maximum atomic E-state index is 13.0. The highest BCUT2D eigenvalue weighted by molar-refractivity contribution is 5.61. The van der Waals surface area contributed by atoms with Crippen LogP contribution in [-0.4, -0.2) is 11.0 Å². The predicted octanol–water partition coefficient (Wildman–Crippen LogP) is 3.97. The summed E-state index contributed by atoms with van der Waals surface area (Å²) in [5, 5.41) is 14.0.